The van der Waals surface area contributed by atoms with Gasteiger partial charge in [0.15, 0.2) is 5.79 Å². The maximum atomic E-state index is 6.08. The minimum absolute atomic E-state index is 0.347. The topological polar surface area (TPSA) is 18.5 Å². The third kappa shape index (κ3) is 1.72. The Labute approximate surface area is 92.3 Å². The van der Waals surface area contributed by atoms with Gasteiger partial charge in [0.1, 0.15) is 0 Å². The SMILES string of the molecule is C[C@H]1C[C@H]1[C@@H]1OC(C)(C)O[C@H]1[C@@H]1C[C@@H]1C. The second-order valence-corrected chi connectivity index (χ2v) is 6.32. The van der Waals surface area contributed by atoms with Gasteiger partial charge in [-0.2, -0.15) is 0 Å². The van der Waals surface area contributed by atoms with E-state index < -0.39 is 0 Å². The lowest BCUT2D eigenvalue weighted by atomic mass is 10.0. The summed E-state index contributed by atoms with van der Waals surface area (Å²) in [6, 6.07) is 0. The zero-order valence-corrected chi connectivity index (χ0v) is 10.2. The lowest BCUT2D eigenvalue weighted by Gasteiger charge is -2.16. The molecule has 1 heterocycles. The molecule has 0 radical (unpaired) electrons. The van der Waals surface area contributed by atoms with E-state index in [4.69, 9.17) is 9.47 Å². The van der Waals surface area contributed by atoms with Crippen LogP contribution >= 0.6 is 0 Å². The zero-order valence-electron chi connectivity index (χ0n) is 10.2. The monoisotopic (exact) mass is 210 g/mol. The second-order valence-electron chi connectivity index (χ2n) is 6.32. The Kier molecular flexibility index (Phi) is 2.01. The van der Waals surface area contributed by atoms with Crippen LogP contribution in [0.5, 0.6) is 0 Å². The molecule has 1 saturated heterocycles. The van der Waals surface area contributed by atoms with Crippen LogP contribution in [0.2, 0.25) is 0 Å². The van der Waals surface area contributed by atoms with Gasteiger partial charge in [0.2, 0.25) is 0 Å². The molecular weight excluding hydrogens is 188 g/mol. The van der Waals surface area contributed by atoms with Crippen molar-refractivity contribution < 1.29 is 9.47 Å². The first kappa shape index (κ1) is 10.1. The summed E-state index contributed by atoms with van der Waals surface area (Å²) in [6.45, 7) is 8.76. The summed E-state index contributed by atoms with van der Waals surface area (Å²) < 4.78 is 12.2. The Morgan fingerprint density at radius 1 is 0.867 bits per heavy atom. The molecule has 2 saturated carbocycles. The van der Waals surface area contributed by atoms with Crippen molar-refractivity contribution >= 4 is 0 Å². The van der Waals surface area contributed by atoms with Crippen molar-refractivity contribution in [1.82, 2.24) is 0 Å². The molecule has 0 aromatic carbocycles. The lowest BCUT2D eigenvalue weighted by molar-refractivity contribution is -0.149. The maximum Gasteiger partial charge on any atom is 0.163 e. The van der Waals surface area contributed by atoms with Gasteiger partial charge in [-0.05, 0) is 50.4 Å². The van der Waals surface area contributed by atoms with Crippen LogP contribution in [0.15, 0.2) is 0 Å². The standard InChI is InChI=1S/C13H22O2/c1-7-5-9(7)11-12(10-6-8(10)2)15-13(3,4)14-11/h7-12H,5-6H2,1-4H3/t7-,8-,9+,10+,11-,12-/m0/s1. The third-order valence-corrected chi connectivity index (χ3v) is 4.35. The van der Waals surface area contributed by atoms with Gasteiger partial charge in [-0.3, -0.25) is 0 Å². The van der Waals surface area contributed by atoms with Crippen LogP contribution in [-0.4, -0.2) is 18.0 Å². The molecule has 0 N–H and O–H groups in total. The number of hydrogen-bond donors (Lipinski definition) is 0. The van der Waals surface area contributed by atoms with Gasteiger partial charge < -0.3 is 9.47 Å². The molecule has 2 heteroatoms. The Morgan fingerprint density at radius 2 is 1.20 bits per heavy atom. The van der Waals surface area contributed by atoms with Gasteiger partial charge in [0, 0.05) is 0 Å². The minimum atomic E-state index is -0.347. The Hall–Kier alpha value is -0.0800. The van der Waals surface area contributed by atoms with Crippen LogP contribution in [0, 0.1) is 23.7 Å². The Balaban J connectivity index is 1.73. The van der Waals surface area contributed by atoms with Crippen LogP contribution in [0.3, 0.4) is 0 Å². The number of hydrogen-bond acceptors (Lipinski definition) is 2. The zero-order chi connectivity index (χ0) is 10.8. The van der Waals surface area contributed by atoms with E-state index in [0.717, 1.165) is 23.7 Å². The first-order valence-electron chi connectivity index (χ1n) is 6.33. The Bertz CT molecular complexity index is 248. The molecule has 15 heavy (non-hydrogen) atoms. The average molecular weight is 210 g/mol. The highest BCUT2D eigenvalue weighted by Crippen LogP contribution is 2.54. The molecule has 0 spiro atoms. The largest absolute Gasteiger partial charge is 0.344 e. The molecule has 6 atom stereocenters. The van der Waals surface area contributed by atoms with E-state index in [-0.39, 0.29) is 5.79 Å². The van der Waals surface area contributed by atoms with Gasteiger partial charge >= 0.3 is 0 Å². The molecule has 3 rings (SSSR count). The first-order valence-corrected chi connectivity index (χ1v) is 6.33. The highest BCUT2D eigenvalue weighted by atomic mass is 16.8. The molecule has 0 bridgehead atoms. The van der Waals surface area contributed by atoms with Crippen molar-refractivity contribution in [2.45, 2.75) is 58.5 Å². The third-order valence-electron chi connectivity index (χ3n) is 4.35. The predicted octanol–water partition coefficient (Wildman–Crippen LogP) is 2.82. The first-order chi connectivity index (χ1) is 6.98. The highest BCUT2D eigenvalue weighted by molar-refractivity contribution is 5.03. The quantitative estimate of drug-likeness (QED) is 0.697. The average Bonchev–Trinajstić information content (AvgIpc) is 2.97. The molecule has 86 valence electrons. The van der Waals surface area contributed by atoms with E-state index in [1.54, 1.807) is 0 Å². The Morgan fingerprint density at radius 3 is 1.47 bits per heavy atom. The maximum absolute atomic E-state index is 6.08. The van der Waals surface area contributed by atoms with Gasteiger partial charge in [0.05, 0.1) is 12.2 Å². The molecule has 0 unspecified atom stereocenters. The van der Waals surface area contributed by atoms with E-state index in [0.29, 0.717) is 12.2 Å². The molecule has 2 nitrogen and oxygen atoms in total. The van der Waals surface area contributed by atoms with Gasteiger partial charge in [-0.15, -0.1) is 0 Å². The lowest BCUT2D eigenvalue weighted by Crippen LogP contribution is -2.27. The fraction of sp³-hybridized carbons (Fsp3) is 1.00. The van der Waals surface area contributed by atoms with Crippen molar-refractivity contribution in [3.63, 3.8) is 0 Å². The smallest absolute Gasteiger partial charge is 0.163 e. The van der Waals surface area contributed by atoms with Crippen LogP contribution < -0.4 is 0 Å². The molecule has 0 aromatic heterocycles. The normalized spacial score (nSPS) is 56.8. The van der Waals surface area contributed by atoms with Gasteiger partial charge in [-0.1, -0.05) is 13.8 Å². The highest BCUT2D eigenvalue weighted by Gasteiger charge is 2.57. The van der Waals surface area contributed by atoms with Crippen LogP contribution in [0.25, 0.3) is 0 Å². The number of rotatable bonds is 2. The molecule has 0 amide bonds. The number of ether oxygens (including phenoxy) is 2. The van der Waals surface area contributed by atoms with Crippen molar-refractivity contribution in [2.24, 2.45) is 23.7 Å². The summed E-state index contributed by atoms with van der Waals surface area (Å²) in [5.41, 5.74) is 0. The molecule has 0 aromatic rings. The van der Waals surface area contributed by atoms with E-state index in [1.807, 2.05) is 0 Å². The summed E-state index contributed by atoms with van der Waals surface area (Å²) in [5.74, 6) is 2.89. The van der Waals surface area contributed by atoms with Gasteiger partial charge in [-0.25, -0.2) is 0 Å². The molecular formula is C13H22O2. The van der Waals surface area contributed by atoms with Crippen LogP contribution in [0.1, 0.15) is 40.5 Å². The van der Waals surface area contributed by atoms with E-state index in [9.17, 15) is 0 Å². The summed E-state index contributed by atoms with van der Waals surface area (Å²) in [6.07, 6.45) is 3.43. The molecule has 2 aliphatic carbocycles. The molecule has 1 aliphatic heterocycles. The summed E-state index contributed by atoms with van der Waals surface area (Å²) in [5, 5.41) is 0. The van der Waals surface area contributed by atoms with Gasteiger partial charge in [0.25, 0.3) is 0 Å². The summed E-state index contributed by atoms with van der Waals surface area (Å²) in [4.78, 5) is 0. The second kappa shape index (κ2) is 2.98. The predicted molar refractivity (Wildman–Crippen MR) is 58.4 cm³/mol. The van der Waals surface area contributed by atoms with Crippen molar-refractivity contribution in [1.29, 1.82) is 0 Å². The summed E-state index contributed by atoms with van der Waals surface area (Å²) in [7, 11) is 0. The fourth-order valence-corrected chi connectivity index (χ4v) is 3.10. The van der Waals surface area contributed by atoms with Crippen molar-refractivity contribution in [2.75, 3.05) is 0 Å². The van der Waals surface area contributed by atoms with E-state index >= 15 is 0 Å². The van der Waals surface area contributed by atoms with E-state index in [2.05, 4.69) is 27.7 Å². The van der Waals surface area contributed by atoms with Crippen LogP contribution in [0.4, 0.5) is 0 Å². The van der Waals surface area contributed by atoms with Crippen molar-refractivity contribution in [3.8, 4) is 0 Å². The van der Waals surface area contributed by atoms with Crippen LogP contribution in [-0.2, 0) is 9.47 Å². The minimum Gasteiger partial charge on any atom is -0.344 e. The van der Waals surface area contributed by atoms with E-state index in [1.165, 1.54) is 12.8 Å². The fourth-order valence-electron chi connectivity index (χ4n) is 3.10. The molecule has 3 fully saturated rings. The molecule has 3 aliphatic rings. The summed E-state index contributed by atoms with van der Waals surface area (Å²) >= 11 is 0. The van der Waals surface area contributed by atoms with Crippen molar-refractivity contribution in [3.05, 3.63) is 0 Å².